The van der Waals surface area contributed by atoms with Crippen molar-refractivity contribution in [3.05, 3.63) is 29.3 Å². The Morgan fingerprint density at radius 2 is 2.29 bits per heavy atom. The molecular formula is C18H29NO2. The molecule has 1 N–H and O–H groups in total. The quantitative estimate of drug-likeness (QED) is 0.785. The van der Waals surface area contributed by atoms with E-state index in [9.17, 15) is 0 Å². The highest BCUT2D eigenvalue weighted by Gasteiger charge is 2.18. The summed E-state index contributed by atoms with van der Waals surface area (Å²) in [6.45, 7) is 6.22. The van der Waals surface area contributed by atoms with Crippen molar-refractivity contribution in [2.75, 3.05) is 20.3 Å². The SMILES string of the molecule is CCNC(CCCC1CCCO1)c1cc(C)ccc1OC. The lowest BCUT2D eigenvalue weighted by Crippen LogP contribution is -2.22. The van der Waals surface area contributed by atoms with E-state index in [-0.39, 0.29) is 0 Å². The number of hydrogen-bond donors (Lipinski definition) is 1. The second-order valence-corrected chi connectivity index (χ2v) is 5.92. The Hall–Kier alpha value is -1.06. The molecule has 2 atom stereocenters. The first-order valence-electron chi connectivity index (χ1n) is 8.24. The van der Waals surface area contributed by atoms with Crippen molar-refractivity contribution < 1.29 is 9.47 Å². The van der Waals surface area contributed by atoms with Crippen molar-refractivity contribution in [1.29, 1.82) is 0 Å². The first-order valence-corrected chi connectivity index (χ1v) is 8.24. The van der Waals surface area contributed by atoms with Gasteiger partial charge in [-0.15, -0.1) is 0 Å². The smallest absolute Gasteiger partial charge is 0.123 e. The molecule has 118 valence electrons. The Labute approximate surface area is 129 Å². The summed E-state index contributed by atoms with van der Waals surface area (Å²) >= 11 is 0. The van der Waals surface area contributed by atoms with Crippen molar-refractivity contribution in [1.82, 2.24) is 5.32 Å². The zero-order valence-electron chi connectivity index (χ0n) is 13.7. The molecule has 1 aliphatic heterocycles. The molecule has 0 aromatic heterocycles. The summed E-state index contributed by atoms with van der Waals surface area (Å²) in [7, 11) is 1.75. The van der Waals surface area contributed by atoms with Crippen LogP contribution in [0.15, 0.2) is 18.2 Å². The molecule has 3 nitrogen and oxygen atoms in total. The van der Waals surface area contributed by atoms with Gasteiger partial charge in [-0.3, -0.25) is 0 Å². The molecule has 1 aromatic rings. The highest BCUT2D eigenvalue weighted by atomic mass is 16.5. The minimum absolute atomic E-state index is 0.367. The van der Waals surface area contributed by atoms with Crippen LogP contribution in [0.3, 0.4) is 0 Å². The van der Waals surface area contributed by atoms with Gasteiger partial charge < -0.3 is 14.8 Å². The van der Waals surface area contributed by atoms with E-state index in [1.807, 2.05) is 0 Å². The Balaban J connectivity index is 1.98. The molecule has 0 bridgehead atoms. The summed E-state index contributed by atoms with van der Waals surface area (Å²) < 4.78 is 11.3. The maximum atomic E-state index is 5.72. The number of methoxy groups -OCH3 is 1. The molecule has 1 aliphatic rings. The van der Waals surface area contributed by atoms with Crippen LogP contribution in [0, 0.1) is 6.92 Å². The predicted octanol–water partition coefficient (Wildman–Crippen LogP) is 4.00. The summed E-state index contributed by atoms with van der Waals surface area (Å²) in [6.07, 6.45) is 6.46. The van der Waals surface area contributed by atoms with Crippen molar-refractivity contribution in [2.24, 2.45) is 0 Å². The van der Waals surface area contributed by atoms with Crippen molar-refractivity contribution in [3.63, 3.8) is 0 Å². The number of rotatable bonds is 8. The average Bonchev–Trinajstić information content (AvgIpc) is 2.99. The van der Waals surface area contributed by atoms with Crippen LogP contribution in [0.25, 0.3) is 0 Å². The summed E-state index contributed by atoms with van der Waals surface area (Å²) in [5, 5.41) is 3.61. The summed E-state index contributed by atoms with van der Waals surface area (Å²) in [5.74, 6) is 0.990. The van der Waals surface area contributed by atoms with Gasteiger partial charge in [0.25, 0.3) is 0 Å². The van der Waals surface area contributed by atoms with Crippen LogP contribution in [-0.2, 0) is 4.74 Å². The van der Waals surface area contributed by atoms with Crippen LogP contribution in [0.1, 0.15) is 56.2 Å². The zero-order chi connectivity index (χ0) is 15.1. The molecule has 1 fully saturated rings. The maximum Gasteiger partial charge on any atom is 0.123 e. The number of hydrogen-bond acceptors (Lipinski definition) is 3. The second kappa shape index (κ2) is 8.40. The standard InChI is InChI=1S/C18H29NO2/c1-4-19-17(9-5-7-15-8-6-12-21-15)16-13-14(2)10-11-18(16)20-3/h10-11,13,15,17,19H,4-9,12H2,1-3H3. The molecule has 21 heavy (non-hydrogen) atoms. The minimum atomic E-state index is 0.367. The van der Waals surface area contributed by atoms with E-state index < -0.39 is 0 Å². The highest BCUT2D eigenvalue weighted by Crippen LogP contribution is 2.30. The van der Waals surface area contributed by atoms with Crippen LogP contribution in [0.5, 0.6) is 5.75 Å². The summed E-state index contributed by atoms with van der Waals surface area (Å²) in [6, 6.07) is 6.80. The lowest BCUT2D eigenvalue weighted by Gasteiger charge is -2.22. The van der Waals surface area contributed by atoms with Gasteiger partial charge in [-0.05, 0) is 51.6 Å². The molecule has 1 saturated heterocycles. The Kier molecular flexibility index (Phi) is 6.52. The third-order valence-electron chi connectivity index (χ3n) is 4.25. The number of ether oxygens (including phenoxy) is 2. The molecular weight excluding hydrogens is 262 g/mol. The zero-order valence-corrected chi connectivity index (χ0v) is 13.7. The van der Waals surface area contributed by atoms with E-state index in [0.717, 1.165) is 25.3 Å². The Bertz CT molecular complexity index is 427. The normalized spacial score (nSPS) is 19.7. The molecule has 0 radical (unpaired) electrons. The van der Waals surface area contributed by atoms with Gasteiger partial charge in [-0.2, -0.15) is 0 Å². The van der Waals surface area contributed by atoms with Gasteiger partial charge in [0.05, 0.1) is 13.2 Å². The average molecular weight is 291 g/mol. The van der Waals surface area contributed by atoms with Gasteiger partial charge in [0.15, 0.2) is 0 Å². The van der Waals surface area contributed by atoms with Crippen LogP contribution < -0.4 is 10.1 Å². The third-order valence-corrected chi connectivity index (χ3v) is 4.25. The van der Waals surface area contributed by atoms with E-state index in [2.05, 4.69) is 37.4 Å². The van der Waals surface area contributed by atoms with Crippen molar-refractivity contribution in [3.8, 4) is 5.75 Å². The number of aryl methyl sites for hydroxylation is 1. The molecule has 2 unspecified atom stereocenters. The minimum Gasteiger partial charge on any atom is -0.496 e. The Morgan fingerprint density at radius 1 is 1.43 bits per heavy atom. The highest BCUT2D eigenvalue weighted by molar-refractivity contribution is 5.39. The first-order chi connectivity index (χ1) is 10.2. The van der Waals surface area contributed by atoms with Crippen molar-refractivity contribution >= 4 is 0 Å². The van der Waals surface area contributed by atoms with Gasteiger partial charge in [-0.25, -0.2) is 0 Å². The lowest BCUT2D eigenvalue weighted by atomic mass is 9.97. The third kappa shape index (κ3) is 4.72. The molecule has 0 saturated carbocycles. The van der Waals surface area contributed by atoms with Gasteiger partial charge in [-0.1, -0.05) is 24.6 Å². The van der Waals surface area contributed by atoms with E-state index in [1.54, 1.807) is 7.11 Å². The second-order valence-electron chi connectivity index (χ2n) is 5.92. The molecule has 3 heteroatoms. The van der Waals surface area contributed by atoms with Crippen LogP contribution in [0.2, 0.25) is 0 Å². The number of nitrogens with one attached hydrogen (secondary N) is 1. The molecule has 0 spiro atoms. The van der Waals surface area contributed by atoms with E-state index in [1.165, 1.54) is 36.8 Å². The van der Waals surface area contributed by atoms with Crippen molar-refractivity contribution in [2.45, 2.75) is 58.1 Å². The first kappa shape index (κ1) is 16.3. The van der Waals surface area contributed by atoms with Crippen LogP contribution >= 0.6 is 0 Å². The van der Waals surface area contributed by atoms with E-state index in [4.69, 9.17) is 9.47 Å². The van der Waals surface area contributed by atoms with Gasteiger partial charge in [0.1, 0.15) is 5.75 Å². The Morgan fingerprint density at radius 3 is 2.95 bits per heavy atom. The van der Waals surface area contributed by atoms with Gasteiger partial charge in [0.2, 0.25) is 0 Å². The van der Waals surface area contributed by atoms with E-state index >= 15 is 0 Å². The summed E-state index contributed by atoms with van der Waals surface area (Å²) in [4.78, 5) is 0. The largest absolute Gasteiger partial charge is 0.496 e. The summed E-state index contributed by atoms with van der Waals surface area (Å²) in [5.41, 5.74) is 2.57. The van der Waals surface area contributed by atoms with Gasteiger partial charge in [0, 0.05) is 18.2 Å². The number of benzene rings is 1. The molecule has 1 aromatic carbocycles. The molecule has 0 amide bonds. The van der Waals surface area contributed by atoms with E-state index in [0.29, 0.717) is 12.1 Å². The predicted molar refractivity (Wildman–Crippen MR) is 87.0 cm³/mol. The fourth-order valence-electron chi connectivity index (χ4n) is 3.16. The topological polar surface area (TPSA) is 30.5 Å². The molecule has 0 aliphatic carbocycles. The van der Waals surface area contributed by atoms with Crippen LogP contribution in [-0.4, -0.2) is 26.4 Å². The fraction of sp³-hybridized carbons (Fsp3) is 0.667. The molecule has 1 heterocycles. The fourth-order valence-corrected chi connectivity index (χ4v) is 3.16. The monoisotopic (exact) mass is 291 g/mol. The lowest BCUT2D eigenvalue weighted by molar-refractivity contribution is 0.101. The molecule has 2 rings (SSSR count). The van der Waals surface area contributed by atoms with Gasteiger partial charge >= 0.3 is 0 Å². The van der Waals surface area contributed by atoms with Crippen LogP contribution in [0.4, 0.5) is 0 Å². The maximum absolute atomic E-state index is 5.72.